The van der Waals surface area contributed by atoms with E-state index in [0.29, 0.717) is 10.9 Å². The van der Waals surface area contributed by atoms with Crippen molar-refractivity contribution in [1.29, 1.82) is 0 Å². The molecule has 0 unspecified atom stereocenters. The van der Waals surface area contributed by atoms with E-state index in [4.69, 9.17) is 10.5 Å². The first-order valence-electron chi connectivity index (χ1n) is 6.96. The topological polar surface area (TPSA) is 117 Å². The van der Waals surface area contributed by atoms with Crippen LogP contribution in [0.25, 0.3) is 10.9 Å². The lowest BCUT2D eigenvalue weighted by Crippen LogP contribution is -2.26. The molecule has 1 aromatic heterocycles. The van der Waals surface area contributed by atoms with Gasteiger partial charge in [-0.2, -0.15) is 4.68 Å². The minimum absolute atomic E-state index is 0.224. The fraction of sp³-hybridized carbons (Fsp3) is 0.0625. The van der Waals surface area contributed by atoms with Crippen LogP contribution in [0.1, 0.15) is 20.7 Å². The fourth-order valence-corrected chi connectivity index (χ4v) is 2.08. The van der Waals surface area contributed by atoms with Crippen molar-refractivity contribution in [3.63, 3.8) is 0 Å². The molecule has 1 heterocycles. The molecule has 2 aromatic carbocycles. The number of aromatic nitrogens is 3. The maximum absolute atomic E-state index is 12.2. The number of carbonyl (C=O) groups is 2. The number of ether oxygens (including phenoxy) is 1. The number of nitrogens with two attached hydrogens (primary N) is 1. The number of hydrogen-bond acceptors (Lipinski definition) is 6. The minimum atomic E-state index is -0.659. The predicted molar refractivity (Wildman–Crippen MR) is 84.2 cm³/mol. The van der Waals surface area contributed by atoms with Crippen LogP contribution in [0.2, 0.25) is 0 Å². The molecule has 0 atom stereocenters. The van der Waals surface area contributed by atoms with E-state index >= 15 is 0 Å². The first-order chi connectivity index (χ1) is 11.6. The van der Waals surface area contributed by atoms with Crippen LogP contribution in [0.3, 0.4) is 0 Å². The van der Waals surface area contributed by atoms with E-state index in [9.17, 15) is 14.4 Å². The molecule has 1 amide bonds. The highest BCUT2D eigenvalue weighted by atomic mass is 16.5. The van der Waals surface area contributed by atoms with Gasteiger partial charge in [0.25, 0.3) is 5.56 Å². The van der Waals surface area contributed by atoms with Crippen molar-refractivity contribution in [3.8, 4) is 0 Å². The van der Waals surface area contributed by atoms with Crippen LogP contribution < -0.4 is 11.3 Å². The van der Waals surface area contributed by atoms with Gasteiger partial charge in [0.05, 0.1) is 10.9 Å². The Kier molecular flexibility index (Phi) is 4.02. The summed E-state index contributed by atoms with van der Waals surface area (Å²) in [5.74, 6) is -1.25. The largest absolute Gasteiger partial charge is 0.439 e. The predicted octanol–water partition coefficient (Wildman–Crippen LogP) is 0.705. The van der Waals surface area contributed by atoms with Crippen LogP contribution in [-0.2, 0) is 11.5 Å². The molecule has 0 saturated carbocycles. The molecule has 0 radical (unpaired) electrons. The highest BCUT2D eigenvalue weighted by molar-refractivity contribution is 5.95. The van der Waals surface area contributed by atoms with Gasteiger partial charge >= 0.3 is 5.97 Å². The molecule has 0 aliphatic rings. The second-order valence-corrected chi connectivity index (χ2v) is 4.91. The van der Waals surface area contributed by atoms with Gasteiger partial charge in [-0.05, 0) is 36.4 Å². The lowest BCUT2D eigenvalue weighted by atomic mass is 10.1. The van der Waals surface area contributed by atoms with Gasteiger partial charge < -0.3 is 10.5 Å². The molecule has 3 rings (SSSR count). The zero-order chi connectivity index (χ0) is 17.1. The summed E-state index contributed by atoms with van der Waals surface area (Å²) in [4.78, 5) is 35.2. The number of amides is 1. The number of fused-ring (bicyclic) bond motifs is 1. The van der Waals surface area contributed by atoms with Gasteiger partial charge in [0.15, 0.2) is 6.73 Å². The number of rotatable bonds is 4. The molecule has 0 aliphatic carbocycles. The van der Waals surface area contributed by atoms with Crippen LogP contribution in [0.15, 0.2) is 53.3 Å². The Labute approximate surface area is 135 Å². The van der Waals surface area contributed by atoms with Gasteiger partial charge in [-0.1, -0.05) is 17.3 Å². The van der Waals surface area contributed by atoms with Crippen LogP contribution in [0.5, 0.6) is 0 Å². The Balaban J connectivity index is 1.75. The van der Waals surface area contributed by atoms with Gasteiger partial charge in [-0.3, -0.25) is 9.59 Å². The van der Waals surface area contributed by atoms with Gasteiger partial charge in [-0.15, -0.1) is 5.10 Å². The number of primary amides is 1. The maximum atomic E-state index is 12.2. The summed E-state index contributed by atoms with van der Waals surface area (Å²) in [5, 5.41) is 8.00. The van der Waals surface area contributed by atoms with E-state index < -0.39 is 17.4 Å². The van der Waals surface area contributed by atoms with Gasteiger partial charge in [0, 0.05) is 5.56 Å². The lowest BCUT2D eigenvalue weighted by molar-refractivity contribution is 0.0336. The second-order valence-electron chi connectivity index (χ2n) is 4.91. The number of hydrogen-bond donors (Lipinski definition) is 1. The van der Waals surface area contributed by atoms with Crippen molar-refractivity contribution < 1.29 is 14.3 Å². The van der Waals surface area contributed by atoms with Crippen LogP contribution in [0.4, 0.5) is 0 Å². The molecule has 24 heavy (non-hydrogen) atoms. The first kappa shape index (κ1) is 15.3. The SMILES string of the molecule is NC(=O)c1ccc(C(=O)OCn2nnc3ccccc3c2=O)cc1. The van der Waals surface area contributed by atoms with E-state index in [0.717, 1.165) is 4.68 Å². The Bertz CT molecular complexity index is 979. The third-order valence-electron chi connectivity index (χ3n) is 3.35. The molecule has 0 aliphatic heterocycles. The highest BCUT2D eigenvalue weighted by Crippen LogP contribution is 2.07. The highest BCUT2D eigenvalue weighted by Gasteiger charge is 2.11. The zero-order valence-corrected chi connectivity index (χ0v) is 12.4. The monoisotopic (exact) mass is 324 g/mol. The van der Waals surface area contributed by atoms with Crippen molar-refractivity contribution in [1.82, 2.24) is 15.0 Å². The second kappa shape index (κ2) is 6.29. The Morgan fingerprint density at radius 1 is 1.04 bits per heavy atom. The number of carbonyl (C=O) groups excluding carboxylic acids is 2. The molecule has 8 heteroatoms. The number of esters is 1. The van der Waals surface area contributed by atoms with Gasteiger partial charge in [0.1, 0.15) is 5.52 Å². The van der Waals surface area contributed by atoms with Crippen molar-refractivity contribution in [2.24, 2.45) is 5.73 Å². The molecule has 0 spiro atoms. The molecule has 2 N–H and O–H groups in total. The molecule has 0 bridgehead atoms. The number of benzene rings is 2. The van der Waals surface area contributed by atoms with Crippen molar-refractivity contribution in [2.45, 2.75) is 6.73 Å². The standard InChI is InChI=1S/C16H12N4O4/c17-14(21)10-5-7-11(8-6-10)16(23)24-9-20-15(22)12-3-1-2-4-13(12)18-19-20/h1-8H,9H2,(H2,17,21). The first-order valence-corrected chi connectivity index (χ1v) is 6.96. The third kappa shape index (κ3) is 2.98. The summed E-state index contributed by atoms with van der Waals surface area (Å²) in [5.41, 5.74) is 5.69. The van der Waals surface area contributed by atoms with E-state index in [1.54, 1.807) is 24.3 Å². The molecule has 120 valence electrons. The van der Waals surface area contributed by atoms with Crippen LogP contribution in [0, 0.1) is 0 Å². The molecule has 8 nitrogen and oxygen atoms in total. The summed E-state index contributed by atoms with van der Waals surface area (Å²) in [6, 6.07) is 12.4. The molecular formula is C16H12N4O4. The lowest BCUT2D eigenvalue weighted by Gasteiger charge is -2.07. The Hall–Kier alpha value is -3.55. The summed E-state index contributed by atoms with van der Waals surface area (Å²) < 4.78 is 6.01. The maximum Gasteiger partial charge on any atom is 0.339 e. The summed E-state index contributed by atoms with van der Waals surface area (Å²) in [6.45, 7) is -0.368. The van der Waals surface area contributed by atoms with E-state index in [-0.39, 0.29) is 17.9 Å². The summed E-state index contributed by atoms with van der Waals surface area (Å²) >= 11 is 0. The van der Waals surface area contributed by atoms with Gasteiger partial charge in [-0.25, -0.2) is 4.79 Å². The summed E-state index contributed by atoms with van der Waals surface area (Å²) in [6.07, 6.45) is 0. The molecular weight excluding hydrogens is 312 g/mol. The molecule has 0 fully saturated rings. The van der Waals surface area contributed by atoms with Crippen LogP contribution in [-0.4, -0.2) is 26.9 Å². The average molecular weight is 324 g/mol. The average Bonchev–Trinajstić information content (AvgIpc) is 2.61. The fourth-order valence-electron chi connectivity index (χ4n) is 2.08. The Morgan fingerprint density at radius 2 is 1.71 bits per heavy atom. The van der Waals surface area contributed by atoms with E-state index in [1.165, 1.54) is 24.3 Å². The van der Waals surface area contributed by atoms with Crippen molar-refractivity contribution >= 4 is 22.8 Å². The Morgan fingerprint density at radius 3 is 2.42 bits per heavy atom. The molecule has 3 aromatic rings. The minimum Gasteiger partial charge on any atom is -0.439 e. The zero-order valence-electron chi connectivity index (χ0n) is 12.4. The van der Waals surface area contributed by atoms with Crippen molar-refractivity contribution in [2.75, 3.05) is 0 Å². The quantitative estimate of drug-likeness (QED) is 0.706. The number of nitrogens with zero attached hydrogens (tertiary/aromatic N) is 3. The van der Waals surface area contributed by atoms with E-state index in [1.807, 2.05) is 0 Å². The third-order valence-corrected chi connectivity index (χ3v) is 3.35. The molecule has 0 saturated heterocycles. The summed E-state index contributed by atoms with van der Waals surface area (Å²) in [7, 11) is 0. The van der Waals surface area contributed by atoms with E-state index in [2.05, 4.69) is 10.3 Å². The van der Waals surface area contributed by atoms with Crippen LogP contribution >= 0.6 is 0 Å². The normalized spacial score (nSPS) is 10.5. The van der Waals surface area contributed by atoms with Crippen molar-refractivity contribution in [3.05, 3.63) is 70.0 Å². The van der Waals surface area contributed by atoms with Gasteiger partial charge in [0.2, 0.25) is 5.91 Å². The smallest absolute Gasteiger partial charge is 0.339 e.